The van der Waals surface area contributed by atoms with Crippen LogP contribution in [0, 0.1) is 19.8 Å². The number of alkyl carbamates (subject to hydrolysis) is 1. The molecule has 3 amide bonds. The number of hydrogen-bond acceptors (Lipinski definition) is 6. The lowest BCUT2D eigenvalue weighted by Gasteiger charge is -2.35. The Hall–Kier alpha value is -3.88. The lowest BCUT2D eigenvalue weighted by atomic mass is 9.97. The Bertz CT molecular complexity index is 1340. The smallest absolute Gasteiger partial charge is 0.408 e. The highest BCUT2D eigenvalue weighted by Gasteiger charge is 2.48. The molecule has 9 heteroatoms. The molecule has 240 valence electrons. The molecule has 0 spiro atoms. The van der Waals surface area contributed by atoms with Crippen molar-refractivity contribution in [2.75, 3.05) is 0 Å². The summed E-state index contributed by atoms with van der Waals surface area (Å²) >= 11 is 0. The summed E-state index contributed by atoms with van der Waals surface area (Å²) < 4.78 is 11.1. The van der Waals surface area contributed by atoms with Gasteiger partial charge in [-0.1, -0.05) is 55.5 Å². The zero-order chi connectivity index (χ0) is 33.0. The van der Waals surface area contributed by atoms with Crippen molar-refractivity contribution in [3.63, 3.8) is 0 Å². The number of nitrogens with zero attached hydrogens (tertiary/aromatic N) is 1. The highest BCUT2D eigenvalue weighted by molar-refractivity contribution is 5.94. The molecule has 2 aromatic carbocycles. The molecule has 3 rings (SSSR count). The predicted octanol–water partition coefficient (Wildman–Crippen LogP) is 5.56. The third kappa shape index (κ3) is 9.82. The first-order valence-corrected chi connectivity index (χ1v) is 15.3. The van der Waals surface area contributed by atoms with Crippen LogP contribution in [0.3, 0.4) is 0 Å². The van der Waals surface area contributed by atoms with Gasteiger partial charge in [0.25, 0.3) is 0 Å². The monoisotopic (exact) mass is 607 g/mol. The minimum atomic E-state index is -1.06. The Kier molecular flexibility index (Phi) is 10.9. The van der Waals surface area contributed by atoms with E-state index >= 15 is 0 Å². The molecule has 1 saturated carbocycles. The van der Waals surface area contributed by atoms with Crippen LogP contribution in [-0.4, -0.2) is 58.1 Å². The molecule has 2 aromatic rings. The fraction of sp³-hybridized carbons (Fsp3) is 0.543. The van der Waals surface area contributed by atoms with Crippen LogP contribution >= 0.6 is 0 Å². The van der Waals surface area contributed by atoms with E-state index in [1.165, 1.54) is 0 Å². The lowest BCUT2D eigenvalue weighted by Crippen LogP contribution is -2.55. The van der Waals surface area contributed by atoms with Crippen LogP contribution in [0.25, 0.3) is 0 Å². The summed E-state index contributed by atoms with van der Waals surface area (Å²) in [5.74, 6) is -1.33. The molecule has 0 saturated heterocycles. The summed E-state index contributed by atoms with van der Waals surface area (Å²) in [4.78, 5) is 56.1. The van der Waals surface area contributed by atoms with E-state index in [2.05, 4.69) is 10.6 Å². The van der Waals surface area contributed by atoms with Gasteiger partial charge in [0.15, 0.2) is 0 Å². The maximum atomic E-state index is 14.4. The highest BCUT2D eigenvalue weighted by atomic mass is 16.6. The molecule has 2 N–H and O–H groups in total. The number of aryl methyl sites for hydroxylation is 2. The number of hydrogen-bond donors (Lipinski definition) is 2. The highest BCUT2D eigenvalue weighted by Crippen LogP contribution is 2.41. The average molecular weight is 608 g/mol. The minimum Gasteiger partial charge on any atom is -0.458 e. The van der Waals surface area contributed by atoms with Gasteiger partial charge in [-0.05, 0) is 96.9 Å². The van der Waals surface area contributed by atoms with Crippen LogP contribution in [0.2, 0.25) is 0 Å². The first-order valence-electron chi connectivity index (χ1n) is 15.3. The van der Waals surface area contributed by atoms with E-state index in [0.29, 0.717) is 12.0 Å². The molecule has 0 heterocycles. The van der Waals surface area contributed by atoms with Crippen molar-refractivity contribution in [2.45, 2.75) is 117 Å². The molecule has 0 bridgehead atoms. The molecule has 0 radical (unpaired) electrons. The van der Waals surface area contributed by atoms with Gasteiger partial charge in [0.05, 0.1) is 0 Å². The number of esters is 1. The second-order valence-electron chi connectivity index (χ2n) is 13.9. The molecule has 1 aliphatic rings. The van der Waals surface area contributed by atoms with Crippen LogP contribution in [0.1, 0.15) is 90.1 Å². The number of benzene rings is 2. The fourth-order valence-corrected chi connectivity index (χ4v) is 4.98. The number of nitrogens with one attached hydrogen (secondary N) is 2. The fourth-order valence-electron chi connectivity index (χ4n) is 4.98. The molecule has 5 unspecified atom stereocenters. The molecule has 1 aliphatic carbocycles. The van der Waals surface area contributed by atoms with Crippen molar-refractivity contribution in [3.05, 3.63) is 70.8 Å². The van der Waals surface area contributed by atoms with Crippen LogP contribution < -0.4 is 10.6 Å². The SMILES string of the molecule is Cc1ccc(C(C(=O)NC(Cc2ccccc2)C(=O)OC(C)(C)C)N(C(=O)C(C)NC(=O)OC(C)(C)C)C2CC2C)cc1C. The van der Waals surface area contributed by atoms with Gasteiger partial charge in [-0.3, -0.25) is 9.59 Å². The van der Waals surface area contributed by atoms with Gasteiger partial charge in [-0.2, -0.15) is 0 Å². The van der Waals surface area contributed by atoms with Crippen molar-refractivity contribution in [3.8, 4) is 0 Å². The van der Waals surface area contributed by atoms with Gasteiger partial charge >= 0.3 is 12.1 Å². The maximum Gasteiger partial charge on any atom is 0.408 e. The van der Waals surface area contributed by atoms with Crippen molar-refractivity contribution < 1.29 is 28.7 Å². The number of amides is 3. The molecule has 9 nitrogen and oxygen atoms in total. The zero-order valence-electron chi connectivity index (χ0n) is 27.8. The first-order chi connectivity index (χ1) is 20.4. The molecule has 0 aliphatic heterocycles. The zero-order valence-corrected chi connectivity index (χ0v) is 27.8. The van der Waals surface area contributed by atoms with Crippen molar-refractivity contribution in [1.82, 2.24) is 15.5 Å². The average Bonchev–Trinajstić information content (AvgIpc) is 3.62. The van der Waals surface area contributed by atoms with E-state index in [4.69, 9.17) is 9.47 Å². The summed E-state index contributed by atoms with van der Waals surface area (Å²) in [7, 11) is 0. The predicted molar refractivity (Wildman–Crippen MR) is 170 cm³/mol. The van der Waals surface area contributed by atoms with Gasteiger partial charge in [-0.25, -0.2) is 9.59 Å². The summed E-state index contributed by atoms with van der Waals surface area (Å²) in [5, 5.41) is 5.58. The molecule has 0 aromatic heterocycles. The van der Waals surface area contributed by atoms with E-state index in [0.717, 1.165) is 16.7 Å². The van der Waals surface area contributed by atoms with Gasteiger partial charge in [0.1, 0.15) is 29.3 Å². The van der Waals surface area contributed by atoms with Gasteiger partial charge in [0.2, 0.25) is 11.8 Å². The Labute approximate surface area is 262 Å². The Morgan fingerprint density at radius 1 is 0.886 bits per heavy atom. The van der Waals surface area contributed by atoms with Gasteiger partial charge in [-0.15, -0.1) is 0 Å². The largest absolute Gasteiger partial charge is 0.458 e. The molecule has 44 heavy (non-hydrogen) atoms. The Morgan fingerprint density at radius 3 is 2.00 bits per heavy atom. The topological polar surface area (TPSA) is 114 Å². The first kappa shape index (κ1) is 34.6. The maximum absolute atomic E-state index is 14.4. The quantitative estimate of drug-likeness (QED) is 0.342. The van der Waals surface area contributed by atoms with Crippen LogP contribution in [-0.2, 0) is 30.3 Å². The minimum absolute atomic E-state index is 0.153. The van der Waals surface area contributed by atoms with Crippen molar-refractivity contribution in [1.29, 1.82) is 0 Å². The number of carbonyl (C=O) groups is 4. The van der Waals surface area contributed by atoms with E-state index in [1.54, 1.807) is 53.4 Å². The van der Waals surface area contributed by atoms with E-state index in [-0.39, 0.29) is 18.4 Å². The van der Waals surface area contributed by atoms with E-state index in [9.17, 15) is 19.2 Å². The van der Waals surface area contributed by atoms with Crippen molar-refractivity contribution >= 4 is 23.9 Å². The standard InChI is InChI=1S/C35H49N3O6/c1-21-16-17-26(18-22(21)2)29(38(28-19-23(28)3)31(40)24(4)36-33(42)44-35(8,9)10)30(39)37-27(32(41)43-34(5,6)7)20-25-14-12-11-13-15-25/h11-18,23-24,27-29H,19-20H2,1-10H3,(H,36,42)(H,37,39). The number of carbonyl (C=O) groups excluding carboxylic acids is 4. The summed E-state index contributed by atoms with van der Waals surface area (Å²) in [6.45, 7) is 18.1. The summed E-state index contributed by atoms with van der Waals surface area (Å²) in [6.07, 6.45) is 0.201. The molecule has 5 atom stereocenters. The molecular weight excluding hydrogens is 558 g/mol. The van der Waals surface area contributed by atoms with Crippen LogP contribution in [0.5, 0.6) is 0 Å². The second-order valence-corrected chi connectivity index (χ2v) is 13.9. The molecule has 1 fully saturated rings. The van der Waals surface area contributed by atoms with Crippen molar-refractivity contribution in [2.24, 2.45) is 5.92 Å². The summed E-state index contributed by atoms with van der Waals surface area (Å²) in [5.41, 5.74) is 1.97. The summed E-state index contributed by atoms with van der Waals surface area (Å²) in [6, 6.07) is 11.8. The molecular formula is C35H49N3O6. The Morgan fingerprint density at radius 2 is 1.48 bits per heavy atom. The van der Waals surface area contributed by atoms with Gasteiger partial charge < -0.3 is 25.0 Å². The van der Waals surface area contributed by atoms with Gasteiger partial charge in [0, 0.05) is 12.5 Å². The number of rotatable bonds is 10. The van der Waals surface area contributed by atoms with Crippen LogP contribution in [0.15, 0.2) is 48.5 Å². The number of ether oxygens (including phenoxy) is 2. The third-order valence-corrected chi connectivity index (χ3v) is 7.45. The Balaban J connectivity index is 2.02. The second kappa shape index (κ2) is 13.8. The normalized spacial score (nSPS) is 18.3. The van der Waals surface area contributed by atoms with E-state index in [1.807, 2.05) is 69.3 Å². The van der Waals surface area contributed by atoms with E-state index < -0.39 is 53.2 Å². The third-order valence-electron chi connectivity index (χ3n) is 7.45. The lowest BCUT2D eigenvalue weighted by molar-refractivity contribution is -0.159. The van der Waals surface area contributed by atoms with Crippen LogP contribution in [0.4, 0.5) is 4.79 Å².